The van der Waals surface area contributed by atoms with E-state index in [0.717, 1.165) is 5.56 Å². The zero-order valence-electron chi connectivity index (χ0n) is 16.4. The van der Waals surface area contributed by atoms with Crippen molar-refractivity contribution in [3.8, 4) is 11.4 Å². The fourth-order valence-electron chi connectivity index (χ4n) is 2.55. The summed E-state index contributed by atoms with van der Waals surface area (Å²) in [6.07, 6.45) is 3.06. The number of hydrogen-bond acceptors (Lipinski definition) is 5. The van der Waals surface area contributed by atoms with Crippen molar-refractivity contribution in [2.24, 2.45) is 0 Å². The molecule has 0 saturated carbocycles. The first-order valence-corrected chi connectivity index (χ1v) is 10.5. The summed E-state index contributed by atoms with van der Waals surface area (Å²) in [7, 11) is -2.06. The smallest absolute Gasteiger partial charge is 0.255 e. The topological polar surface area (TPSA) is 92.3 Å². The van der Waals surface area contributed by atoms with Gasteiger partial charge in [0.25, 0.3) is 5.91 Å². The number of benzene rings is 2. The predicted molar refractivity (Wildman–Crippen MR) is 112 cm³/mol. The Morgan fingerprint density at radius 2 is 1.55 bits per heavy atom. The SMILES string of the molecule is CC(C)N(C)S(=O)(=O)c1ccc(C(=O)Nc2cnc(-c3ccccc3)nc2)cc1. The van der Waals surface area contributed by atoms with Gasteiger partial charge >= 0.3 is 0 Å². The molecule has 0 bridgehead atoms. The number of sulfonamides is 1. The Labute approximate surface area is 170 Å². The van der Waals surface area contributed by atoms with Gasteiger partial charge in [0.1, 0.15) is 0 Å². The average molecular weight is 410 g/mol. The van der Waals surface area contributed by atoms with Crippen LogP contribution in [0.1, 0.15) is 24.2 Å². The number of rotatable bonds is 6. The van der Waals surface area contributed by atoms with Crippen LogP contribution in [0.25, 0.3) is 11.4 Å². The molecule has 0 aliphatic carbocycles. The molecule has 1 heterocycles. The van der Waals surface area contributed by atoms with E-state index in [1.807, 2.05) is 30.3 Å². The summed E-state index contributed by atoms with van der Waals surface area (Å²) in [6, 6.07) is 15.2. The van der Waals surface area contributed by atoms with Crippen molar-refractivity contribution in [1.29, 1.82) is 0 Å². The molecule has 0 aliphatic heterocycles. The Hall–Kier alpha value is -3.10. The van der Waals surface area contributed by atoms with Gasteiger partial charge < -0.3 is 5.32 Å². The van der Waals surface area contributed by atoms with E-state index in [0.29, 0.717) is 17.1 Å². The van der Waals surface area contributed by atoms with Crippen molar-refractivity contribution < 1.29 is 13.2 Å². The molecule has 150 valence electrons. The van der Waals surface area contributed by atoms with E-state index in [1.54, 1.807) is 13.8 Å². The number of carbonyl (C=O) groups is 1. The van der Waals surface area contributed by atoms with E-state index in [4.69, 9.17) is 0 Å². The minimum absolute atomic E-state index is 0.140. The molecule has 0 fully saturated rings. The highest BCUT2D eigenvalue weighted by atomic mass is 32.2. The number of anilines is 1. The van der Waals surface area contributed by atoms with Gasteiger partial charge in [0, 0.05) is 24.2 Å². The summed E-state index contributed by atoms with van der Waals surface area (Å²) in [5, 5.41) is 2.71. The van der Waals surface area contributed by atoms with E-state index in [9.17, 15) is 13.2 Å². The van der Waals surface area contributed by atoms with Crippen LogP contribution in [0, 0.1) is 0 Å². The fraction of sp³-hybridized carbons (Fsp3) is 0.190. The van der Waals surface area contributed by atoms with Gasteiger partial charge in [-0.05, 0) is 38.1 Å². The molecule has 2 aromatic carbocycles. The van der Waals surface area contributed by atoms with Crippen molar-refractivity contribution >= 4 is 21.6 Å². The van der Waals surface area contributed by atoms with Crippen LogP contribution in [0.5, 0.6) is 0 Å². The van der Waals surface area contributed by atoms with Gasteiger partial charge in [-0.3, -0.25) is 4.79 Å². The average Bonchev–Trinajstić information content (AvgIpc) is 2.74. The largest absolute Gasteiger partial charge is 0.319 e. The first kappa shape index (κ1) is 20.6. The van der Waals surface area contributed by atoms with Gasteiger partial charge in [-0.2, -0.15) is 4.31 Å². The lowest BCUT2D eigenvalue weighted by molar-refractivity contribution is 0.102. The maximum Gasteiger partial charge on any atom is 0.255 e. The Morgan fingerprint density at radius 3 is 2.10 bits per heavy atom. The molecule has 0 aliphatic rings. The summed E-state index contributed by atoms with van der Waals surface area (Å²) in [6.45, 7) is 3.59. The van der Waals surface area contributed by atoms with E-state index in [2.05, 4.69) is 15.3 Å². The Balaban J connectivity index is 1.71. The van der Waals surface area contributed by atoms with Crippen LogP contribution in [-0.2, 0) is 10.0 Å². The zero-order valence-corrected chi connectivity index (χ0v) is 17.2. The second kappa shape index (κ2) is 8.50. The molecular formula is C21H22N4O3S. The number of amides is 1. The van der Waals surface area contributed by atoms with Crippen molar-refractivity contribution in [3.05, 3.63) is 72.6 Å². The van der Waals surface area contributed by atoms with E-state index >= 15 is 0 Å². The maximum atomic E-state index is 12.5. The molecule has 29 heavy (non-hydrogen) atoms. The Bertz CT molecular complexity index is 1080. The molecular weight excluding hydrogens is 388 g/mol. The van der Waals surface area contributed by atoms with Crippen molar-refractivity contribution in [2.75, 3.05) is 12.4 Å². The monoisotopic (exact) mass is 410 g/mol. The molecule has 1 amide bonds. The molecule has 0 spiro atoms. The van der Waals surface area contributed by atoms with Gasteiger partial charge in [-0.25, -0.2) is 18.4 Å². The van der Waals surface area contributed by atoms with Crippen molar-refractivity contribution in [3.63, 3.8) is 0 Å². The lowest BCUT2D eigenvalue weighted by Crippen LogP contribution is -2.33. The quantitative estimate of drug-likeness (QED) is 0.672. The molecule has 8 heteroatoms. The third kappa shape index (κ3) is 4.67. The molecule has 3 rings (SSSR count). The first-order chi connectivity index (χ1) is 13.8. The Morgan fingerprint density at radius 1 is 0.966 bits per heavy atom. The van der Waals surface area contributed by atoms with Gasteiger partial charge in [-0.1, -0.05) is 30.3 Å². The van der Waals surface area contributed by atoms with Crippen molar-refractivity contribution in [2.45, 2.75) is 24.8 Å². The van der Waals surface area contributed by atoms with Gasteiger partial charge in [0.2, 0.25) is 10.0 Å². The normalized spacial score (nSPS) is 11.6. The minimum Gasteiger partial charge on any atom is -0.319 e. The highest BCUT2D eigenvalue weighted by Crippen LogP contribution is 2.18. The molecule has 0 radical (unpaired) electrons. The summed E-state index contributed by atoms with van der Waals surface area (Å²) >= 11 is 0. The van der Waals surface area contributed by atoms with E-state index < -0.39 is 10.0 Å². The lowest BCUT2D eigenvalue weighted by Gasteiger charge is -2.21. The van der Waals surface area contributed by atoms with Gasteiger partial charge in [0.15, 0.2) is 5.82 Å². The Kier molecular flexibility index (Phi) is 6.05. The van der Waals surface area contributed by atoms with Crippen LogP contribution < -0.4 is 5.32 Å². The second-order valence-electron chi connectivity index (χ2n) is 6.75. The third-order valence-corrected chi connectivity index (χ3v) is 6.51. The maximum absolute atomic E-state index is 12.5. The molecule has 1 N–H and O–H groups in total. The zero-order chi connectivity index (χ0) is 21.0. The van der Waals surface area contributed by atoms with Crippen LogP contribution >= 0.6 is 0 Å². The number of nitrogens with zero attached hydrogens (tertiary/aromatic N) is 3. The highest BCUT2D eigenvalue weighted by Gasteiger charge is 2.23. The van der Waals surface area contributed by atoms with Crippen LogP contribution in [0.2, 0.25) is 0 Å². The molecule has 3 aromatic rings. The second-order valence-corrected chi connectivity index (χ2v) is 8.75. The van der Waals surface area contributed by atoms with Crippen LogP contribution in [-0.4, -0.2) is 41.7 Å². The van der Waals surface area contributed by atoms with Crippen molar-refractivity contribution in [1.82, 2.24) is 14.3 Å². The van der Waals surface area contributed by atoms with E-state index in [-0.39, 0.29) is 16.8 Å². The van der Waals surface area contributed by atoms with Crippen LogP contribution in [0.15, 0.2) is 71.9 Å². The number of aromatic nitrogens is 2. The number of carbonyl (C=O) groups excluding carboxylic acids is 1. The van der Waals surface area contributed by atoms with Crippen LogP contribution in [0.4, 0.5) is 5.69 Å². The van der Waals surface area contributed by atoms with E-state index in [1.165, 1.54) is 48.0 Å². The molecule has 1 aromatic heterocycles. The van der Waals surface area contributed by atoms with Gasteiger partial charge in [-0.15, -0.1) is 0 Å². The lowest BCUT2D eigenvalue weighted by atomic mass is 10.2. The molecule has 7 nitrogen and oxygen atoms in total. The molecule has 0 unspecified atom stereocenters. The minimum atomic E-state index is -3.59. The molecule has 0 atom stereocenters. The predicted octanol–water partition coefficient (Wildman–Crippen LogP) is 3.42. The van der Waals surface area contributed by atoms with Crippen LogP contribution in [0.3, 0.4) is 0 Å². The number of nitrogens with one attached hydrogen (secondary N) is 1. The third-order valence-electron chi connectivity index (χ3n) is 4.46. The summed E-state index contributed by atoms with van der Waals surface area (Å²) in [5.74, 6) is 0.189. The summed E-state index contributed by atoms with van der Waals surface area (Å²) in [5.41, 5.74) is 1.67. The van der Waals surface area contributed by atoms with Gasteiger partial charge in [0.05, 0.1) is 23.0 Å². The summed E-state index contributed by atoms with van der Waals surface area (Å²) in [4.78, 5) is 21.1. The number of hydrogen-bond donors (Lipinski definition) is 1. The molecule has 0 saturated heterocycles. The standard InChI is InChI=1S/C21H22N4O3S/c1-15(2)25(3)29(27,28)19-11-9-17(10-12-19)21(26)24-18-13-22-20(23-14-18)16-7-5-4-6-8-16/h4-15H,1-3H3,(H,24,26). The summed E-state index contributed by atoms with van der Waals surface area (Å²) < 4.78 is 26.3. The highest BCUT2D eigenvalue weighted by molar-refractivity contribution is 7.89. The first-order valence-electron chi connectivity index (χ1n) is 9.06. The fourth-order valence-corrected chi connectivity index (χ4v) is 3.92.